The van der Waals surface area contributed by atoms with Crippen LogP contribution in [0.15, 0.2) is 24.3 Å². The van der Waals surface area contributed by atoms with Gasteiger partial charge in [-0.25, -0.2) is 0 Å². The Hall–Kier alpha value is -2.90. The quantitative estimate of drug-likeness (QED) is 0.716. The fourth-order valence-electron chi connectivity index (χ4n) is 5.06. The number of ether oxygens (including phenoxy) is 1. The van der Waals surface area contributed by atoms with Crippen LogP contribution in [0.3, 0.4) is 0 Å². The number of likely N-dealkylation sites (tertiary alicyclic amines) is 1. The molecular formula is C23H29N3O5. The number of hydrogen-bond acceptors (Lipinski definition) is 5. The van der Waals surface area contributed by atoms with Crippen LogP contribution in [0.1, 0.15) is 50.5 Å². The largest absolute Gasteiger partial charge is 0.497 e. The van der Waals surface area contributed by atoms with E-state index in [4.69, 9.17) is 4.74 Å². The summed E-state index contributed by atoms with van der Waals surface area (Å²) in [6.07, 6.45) is 3.80. The molecule has 4 amide bonds. The summed E-state index contributed by atoms with van der Waals surface area (Å²) >= 11 is 0. The first-order chi connectivity index (χ1) is 14.9. The van der Waals surface area contributed by atoms with Gasteiger partial charge >= 0.3 is 0 Å². The van der Waals surface area contributed by atoms with Crippen molar-refractivity contribution in [2.45, 2.75) is 56.4 Å². The molecule has 2 saturated heterocycles. The Kier molecular flexibility index (Phi) is 5.98. The number of carbonyl (C=O) groups excluding carboxylic acids is 4. The SMILES string of the molecule is COc1ccc([C@]2(CC(=O)N3CCNC(=O)CC3)CC(=O)N(C3CCCC3)C2=O)cc1. The van der Waals surface area contributed by atoms with Gasteiger partial charge in [-0.3, -0.25) is 24.1 Å². The predicted octanol–water partition coefficient (Wildman–Crippen LogP) is 1.37. The molecule has 1 aromatic carbocycles. The lowest BCUT2D eigenvalue weighted by molar-refractivity contribution is -0.144. The number of carbonyl (C=O) groups is 4. The predicted molar refractivity (Wildman–Crippen MR) is 112 cm³/mol. The first kappa shape index (κ1) is 21.3. The van der Waals surface area contributed by atoms with Gasteiger partial charge in [0.1, 0.15) is 5.75 Å². The van der Waals surface area contributed by atoms with E-state index in [1.165, 1.54) is 4.90 Å². The van der Waals surface area contributed by atoms with Crippen molar-refractivity contribution in [1.29, 1.82) is 0 Å². The molecule has 3 aliphatic rings. The zero-order valence-corrected chi connectivity index (χ0v) is 17.9. The summed E-state index contributed by atoms with van der Waals surface area (Å²) in [6.45, 7) is 1.11. The van der Waals surface area contributed by atoms with Gasteiger partial charge in [0, 0.05) is 44.9 Å². The maximum Gasteiger partial charge on any atom is 0.241 e. The van der Waals surface area contributed by atoms with Crippen LogP contribution in [-0.2, 0) is 24.6 Å². The number of methoxy groups -OCH3 is 1. The second kappa shape index (κ2) is 8.69. The molecule has 0 unspecified atom stereocenters. The third-order valence-corrected chi connectivity index (χ3v) is 6.80. The van der Waals surface area contributed by atoms with E-state index in [0.29, 0.717) is 30.9 Å². The van der Waals surface area contributed by atoms with E-state index in [2.05, 4.69) is 5.32 Å². The van der Waals surface area contributed by atoms with Gasteiger partial charge in [0.05, 0.1) is 12.5 Å². The molecule has 31 heavy (non-hydrogen) atoms. The third-order valence-electron chi connectivity index (χ3n) is 6.80. The second-order valence-corrected chi connectivity index (χ2v) is 8.65. The number of amides is 4. The highest BCUT2D eigenvalue weighted by molar-refractivity contribution is 6.11. The molecule has 3 fully saturated rings. The van der Waals surface area contributed by atoms with Crippen LogP contribution in [0.2, 0.25) is 0 Å². The highest BCUT2D eigenvalue weighted by atomic mass is 16.5. The smallest absolute Gasteiger partial charge is 0.241 e. The minimum absolute atomic E-state index is 0.00851. The molecular weight excluding hydrogens is 398 g/mol. The van der Waals surface area contributed by atoms with Crippen LogP contribution in [0.5, 0.6) is 5.75 Å². The van der Waals surface area contributed by atoms with E-state index in [-0.39, 0.29) is 48.9 Å². The van der Waals surface area contributed by atoms with Gasteiger partial charge in [0.2, 0.25) is 23.6 Å². The molecule has 8 nitrogen and oxygen atoms in total. The van der Waals surface area contributed by atoms with Gasteiger partial charge in [-0.2, -0.15) is 0 Å². The summed E-state index contributed by atoms with van der Waals surface area (Å²) in [5.74, 6) is -0.117. The minimum Gasteiger partial charge on any atom is -0.497 e. The summed E-state index contributed by atoms with van der Waals surface area (Å²) < 4.78 is 5.24. The van der Waals surface area contributed by atoms with Gasteiger partial charge in [0.15, 0.2) is 0 Å². The van der Waals surface area contributed by atoms with Crippen molar-refractivity contribution < 1.29 is 23.9 Å². The second-order valence-electron chi connectivity index (χ2n) is 8.65. The highest BCUT2D eigenvalue weighted by Crippen LogP contribution is 2.43. The number of hydrogen-bond donors (Lipinski definition) is 1. The monoisotopic (exact) mass is 427 g/mol. The lowest BCUT2D eigenvalue weighted by Gasteiger charge is -2.31. The van der Waals surface area contributed by atoms with Gasteiger partial charge in [0.25, 0.3) is 0 Å². The van der Waals surface area contributed by atoms with Crippen molar-refractivity contribution in [2.24, 2.45) is 0 Å². The average Bonchev–Trinajstić information content (AvgIpc) is 3.30. The van der Waals surface area contributed by atoms with Crippen molar-refractivity contribution in [3.8, 4) is 5.75 Å². The van der Waals surface area contributed by atoms with Crippen molar-refractivity contribution in [3.05, 3.63) is 29.8 Å². The van der Waals surface area contributed by atoms with Gasteiger partial charge in [-0.05, 0) is 30.5 Å². The third kappa shape index (κ3) is 4.03. The molecule has 1 N–H and O–H groups in total. The number of nitrogens with one attached hydrogen (secondary N) is 1. The molecule has 0 radical (unpaired) electrons. The van der Waals surface area contributed by atoms with Crippen LogP contribution < -0.4 is 10.1 Å². The first-order valence-electron chi connectivity index (χ1n) is 11.0. The van der Waals surface area contributed by atoms with Crippen LogP contribution in [0.25, 0.3) is 0 Å². The first-order valence-corrected chi connectivity index (χ1v) is 11.0. The van der Waals surface area contributed by atoms with E-state index in [0.717, 1.165) is 25.7 Å². The molecule has 1 atom stereocenters. The lowest BCUT2D eigenvalue weighted by atomic mass is 9.75. The molecule has 8 heteroatoms. The topological polar surface area (TPSA) is 96.0 Å². The molecule has 1 aliphatic carbocycles. The van der Waals surface area contributed by atoms with E-state index < -0.39 is 5.41 Å². The number of imide groups is 1. The van der Waals surface area contributed by atoms with Crippen LogP contribution in [0.4, 0.5) is 0 Å². The van der Waals surface area contributed by atoms with Crippen molar-refractivity contribution in [1.82, 2.24) is 15.1 Å². The fraction of sp³-hybridized carbons (Fsp3) is 0.565. The summed E-state index contributed by atoms with van der Waals surface area (Å²) in [7, 11) is 1.56. The molecule has 0 aromatic heterocycles. The van der Waals surface area contributed by atoms with Gasteiger partial charge in [-0.15, -0.1) is 0 Å². The molecule has 0 bridgehead atoms. The molecule has 2 heterocycles. The van der Waals surface area contributed by atoms with E-state index in [1.54, 1.807) is 36.3 Å². The molecule has 2 aliphatic heterocycles. The molecule has 166 valence electrons. The van der Waals surface area contributed by atoms with Crippen LogP contribution >= 0.6 is 0 Å². The Labute approximate surface area is 181 Å². The van der Waals surface area contributed by atoms with E-state index in [9.17, 15) is 19.2 Å². The summed E-state index contributed by atoms with van der Waals surface area (Å²) in [4.78, 5) is 54.8. The molecule has 1 aromatic rings. The van der Waals surface area contributed by atoms with Crippen molar-refractivity contribution in [3.63, 3.8) is 0 Å². The standard InChI is InChI=1S/C23H29N3O5/c1-31-18-8-6-16(7-9-18)23(14-20(28)25-12-10-19(27)24-11-13-25)15-21(29)26(22(23)30)17-4-2-3-5-17/h6-9,17H,2-5,10-15H2,1H3,(H,24,27)/t23-/m0/s1. The zero-order chi connectivity index (χ0) is 22.0. The Balaban J connectivity index is 1.66. The fourth-order valence-corrected chi connectivity index (χ4v) is 5.06. The van der Waals surface area contributed by atoms with E-state index in [1.807, 2.05) is 0 Å². The summed E-state index contributed by atoms with van der Waals surface area (Å²) in [6, 6.07) is 7.00. The van der Waals surface area contributed by atoms with Gasteiger partial charge < -0.3 is 15.0 Å². The Morgan fingerprint density at radius 2 is 1.84 bits per heavy atom. The number of nitrogens with zero attached hydrogens (tertiary/aromatic N) is 2. The average molecular weight is 428 g/mol. The summed E-state index contributed by atoms with van der Waals surface area (Å²) in [5.41, 5.74) is -0.559. The Bertz CT molecular complexity index is 878. The van der Waals surface area contributed by atoms with E-state index >= 15 is 0 Å². The summed E-state index contributed by atoms with van der Waals surface area (Å²) in [5, 5.41) is 2.76. The van der Waals surface area contributed by atoms with Crippen LogP contribution in [-0.4, -0.2) is 66.2 Å². The number of benzene rings is 1. The maximum atomic E-state index is 13.8. The minimum atomic E-state index is -1.22. The number of rotatable bonds is 5. The Morgan fingerprint density at radius 1 is 1.13 bits per heavy atom. The highest BCUT2D eigenvalue weighted by Gasteiger charge is 2.55. The normalized spacial score (nSPS) is 25.0. The zero-order valence-electron chi connectivity index (χ0n) is 17.9. The molecule has 4 rings (SSSR count). The lowest BCUT2D eigenvalue weighted by Crippen LogP contribution is -2.46. The van der Waals surface area contributed by atoms with Gasteiger partial charge in [-0.1, -0.05) is 25.0 Å². The molecule has 1 saturated carbocycles. The van der Waals surface area contributed by atoms with Crippen molar-refractivity contribution >= 4 is 23.6 Å². The van der Waals surface area contributed by atoms with Crippen LogP contribution in [0, 0.1) is 0 Å². The maximum absolute atomic E-state index is 13.8. The molecule has 0 spiro atoms. The Morgan fingerprint density at radius 3 is 2.52 bits per heavy atom. The van der Waals surface area contributed by atoms with Crippen molar-refractivity contribution in [2.75, 3.05) is 26.7 Å².